The van der Waals surface area contributed by atoms with Crippen molar-refractivity contribution in [2.45, 2.75) is 6.61 Å². The van der Waals surface area contributed by atoms with Gasteiger partial charge in [0.25, 0.3) is 5.91 Å². The van der Waals surface area contributed by atoms with Gasteiger partial charge in [-0.05, 0) is 65.4 Å². The summed E-state index contributed by atoms with van der Waals surface area (Å²) in [7, 11) is 1.58. The van der Waals surface area contributed by atoms with E-state index >= 15 is 0 Å². The third-order valence-corrected chi connectivity index (χ3v) is 6.84. The summed E-state index contributed by atoms with van der Waals surface area (Å²) in [6.07, 6.45) is 1.77. The van der Waals surface area contributed by atoms with Gasteiger partial charge in [0.2, 0.25) is 0 Å². The molecule has 168 valence electrons. The van der Waals surface area contributed by atoms with Crippen molar-refractivity contribution in [3.05, 3.63) is 91.2 Å². The maximum atomic E-state index is 12.4. The van der Waals surface area contributed by atoms with Gasteiger partial charge in [0.15, 0.2) is 16.7 Å². The number of carbonyl (C=O) groups excluding carboxylic acids is 1. The van der Waals surface area contributed by atoms with Crippen molar-refractivity contribution in [1.82, 2.24) is 5.32 Å². The van der Waals surface area contributed by atoms with Crippen LogP contribution in [-0.4, -0.2) is 18.2 Å². The molecular formula is C24H17BrCl2N2O3S. The molecule has 5 nitrogen and oxygen atoms in total. The third kappa shape index (κ3) is 5.92. The van der Waals surface area contributed by atoms with Crippen LogP contribution >= 0.6 is 50.9 Å². The van der Waals surface area contributed by atoms with Crippen molar-refractivity contribution in [2.75, 3.05) is 7.11 Å². The third-order valence-electron chi connectivity index (χ3n) is 4.60. The van der Waals surface area contributed by atoms with Crippen molar-refractivity contribution < 1.29 is 14.3 Å². The Hall–Kier alpha value is -2.45. The molecule has 0 spiro atoms. The van der Waals surface area contributed by atoms with Gasteiger partial charge in [0.1, 0.15) is 6.61 Å². The number of rotatable bonds is 6. The molecule has 0 bridgehead atoms. The lowest BCUT2D eigenvalue weighted by molar-refractivity contribution is -0.115. The van der Waals surface area contributed by atoms with Gasteiger partial charge in [-0.15, -0.1) is 0 Å². The first-order valence-electron chi connectivity index (χ1n) is 9.72. The van der Waals surface area contributed by atoms with Gasteiger partial charge < -0.3 is 14.8 Å². The second-order valence-electron chi connectivity index (χ2n) is 6.88. The Bertz CT molecular complexity index is 1260. The van der Waals surface area contributed by atoms with Gasteiger partial charge in [-0.1, -0.05) is 63.4 Å². The lowest BCUT2D eigenvalue weighted by Crippen LogP contribution is -2.19. The van der Waals surface area contributed by atoms with Crippen molar-refractivity contribution >= 4 is 73.7 Å². The Morgan fingerprint density at radius 1 is 1.09 bits per heavy atom. The monoisotopic (exact) mass is 562 g/mol. The quantitative estimate of drug-likeness (QED) is 0.321. The van der Waals surface area contributed by atoms with Crippen LogP contribution in [0.2, 0.25) is 10.0 Å². The van der Waals surface area contributed by atoms with Gasteiger partial charge in [-0.3, -0.25) is 4.79 Å². The number of halogens is 3. The van der Waals surface area contributed by atoms with E-state index in [1.807, 2.05) is 42.5 Å². The molecular weight excluding hydrogens is 547 g/mol. The number of benzene rings is 3. The summed E-state index contributed by atoms with van der Waals surface area (Å²) < 4.78 is 12.4. The van der Waals surface area contributed by atoms with E-state index in [-0.39, 0.29) is 5.91 Å². The zero-order valence-electron chi connectivity index (χ0n) is 17.3. The predicted molar refractivity (Wildman–Crippen MR) is 139 cm³/mol. The number of hydrogen-bond acceptors (Lipinski definition) is 5. The fraction of sp³-hybridized carbons (Fsp3) is 0.0833. The second kappa shape index (κ2) is 10.7. The van der Waals surface area contributed by atoms with Gasteiger partial charge in [0, 0.05) is 4.47 Å². The Morgan fingerprint density at radius 2 is 1.88 bits per heavy atom. The molecule has 3 aromatic carbocycles. The van der Waals surface area contributed by atoms with Crippen molar-refractivity contribution in [3.63, 3.8) is 0 Å². The number of methoxy groups -OCH3 is 1. The van der Waals surface area contributed by atoms with Crippen molar-refractivity contribution in [3.8, 4) is 11.5 Å². The molecule has 1 amide bonds. The number of nitrogens with zero attached hydrogens (tertiary/aromatic N) is 1. The molecule has 0 aliphatic carbocycles. The first-order chi connectivity index (χ1) is 15.9. The number of aliphatic imine (C=N–C) groups is 1. The number of thioether (sulfide) groups is 1. The molecule has 0 saturated carbocycles. The van der Waals surface area contributed by atoms with Crippen LogP contribution in [0.4, 0.5) is 5.69 Å². The van der Waals surface area contributed by atoms with E-state index in [9.17, 15) is 4.79 Å². The van der Waals surface area contributed by atoms with E-state index in [1.165, 1.54) is 11.8 Å². The number of nitrogens with one attached hydrogen (secondary N) is 1. The maximum absolute atomic E-state index is 12.4. The molecule has 33 heavy (non-hydrogen) atoms. The molecule has 0 radical (unpaired) electrons. The molecule has 0 aromatic heterocycles. The van der Waals surface area contributed by atoms with E-state index < -0.39 is 0 Å². The molecule has 0 unspecified atom stereocenters. The Kier molecular flexibility index (Phi) is 7.65. The van der Waals surface area contributed by atoms with Crippen LogP contribution in [0.1, 0.15) is 11.1 Å². The first kappa shape index (κ1) is 23.7. The lowest BCUT2D eigenvalue weighted by Gasteiger charge is -2.11. The number of amidine groups is 1. The summed E-state index contributed by atoms with van der Waals surface area (Å²) in [6, 6.07) is 18.6. The van der Waals surface area contributed by atoms with Gasteiger partial charge in [-0.2, -0.15) is 0 Å². The summed E-state index contributed by atoms with van der Waals surface area (Å²) in [5, 5.41) is 3.91. The highest BCUT2D eigenvalue weighted by Gasteiger charge is 2.24. The standard InChI is InChI=1S/C24H17BrCl2N2O3S/c1-31-20-11-15(7-10-19(20)32-13-14-5-8-16(25)9-6-14)12-21-23(30)29-24(33-21)28-18-4-2-3-17(26)22(18)27/h2-12H,13H2,1H3,(H,28,29,30)/b21-12-. The second-order valence-corrected chi connectivity index (χ2v) is 9.61. The average Bonchev–Trinajstić information content (AvgIpc) is 3.15. The molecule has 1 heterocycles. The Labute approximate surface area is 213 Å². The summed E-state index contributed by atoms with van der Waals surface area (Å²) in [6.45, 7) is 0.411. The minimum absolute atomic E-state index is 0.244. The lowest BCUT2D eigenvalue weighted by atomic mass is 10.2. The first-order valence-corrected chi connectivity index (χ1v) is 12.1. The van der Waals surface area contributed by atoms with Gasteiger partial charge >= 0.3 is 0 Å². The fourth-order valence-electron chi connectivity index (χ4n) is 2.95. The highest BCUT2D eigenvalue weighted by molar-refractivity contribution is 9.10. The van der Waals surface area contributed by atoms with Gasteiger partial charge in [-0.25, -0.2) is 4.99 Å². The van der Waals surface area contributed by atoms with E-state index in [0.29, 0.717) is 43.9 Å². The predicted octanol–water partition coefficient (Wildman–Crippen LogP) is 7.24. The summed E-state index contributed by atoms with van der Waals surface area (Å²) in [4.78, 5) is 17.3. The van der Waals surface area contributed by atoms with E-state index in [1.54, 1.807) is 31.4 Å². The van der Waals surface area contributed by atoms with Crippen LogP contribution in [0, 0.1) is 0 Å². The van der Waals surface area contributed by atoms with Crippen LogP contribution in [0.25, 0.3) is 6.08 Å². The topological polar surface area (TPSA) is 59.9 Å². The minimum Gasteiger partial charge on any atom is -0.493 e. The number of ether oxygens (including phenoxy) is 2. The Balaban J connectivity index is 1.50. The van der Waals surface area contributed by atoms with E-state index in [4.69, 9.17) is 32.7 Å². The average molecular weight is 564 g/mol. The molecule has 0 atom stereocenters. The fourth-order valence-corrected chi connectivity index (χ4v) is 4.39. The zero-order chi connectivity index (χ0) is 23.4. The van der Waals surface area contributed by atoms with Crippen molar-refractivity contribution in [1.29, 1.82) is 0 Å². The van der Waals surface area contributed by atoms with Crippen molar-refractivity contribution in [2.24, 2.45) is 4.99 Å². The van der Waals surface area contributed by atoms with Crippen LogP contribution in [0.15, 0.2) is 75.0 Å². The Morgan fingerprint density at radius 3 is 2.64 bits per heavy atom. The van der Waals surface area contributed by atoms with Gasteiger partial charge in [0.05, 0.1) is 27.7 Å². The maximum Gasteiger partial charge on any atom is 0.264 e. The number of carbonyl (C=O) groups is 1. The number of hydrogen-bond donors (Lipinski definition) is 1. The summed E-state index contributed by atoms with van der Waals surface area (Å²) in [5.74, 6) is 0.944. The molecule has 1 aliphatic rings. The number of amides is 1. The highest BCUT2D eigenvalue weighted by Crippen LogP contribution is 2.35. The van der Waals surface area contributed by atoms with E-state index in [2.05, 4.69) is 26.2 Å². The molecule has 4 rings (SSSR count). The summed E-state index contributed by atoms with van der Waals surface area (Å²) >= 11 is 16.9. The van der Waals surface area contributed by atoms with Crippen LogP contribution in [0.3, 0.4) is 0 Å². The smallest absolute Gasteiger partial charge is 0.264 e. The van der Waals surface area contributed by atoms with Crippen LogP contribution < -0.4 is 14.8 Å². The summed E-state index contributed by atoms with van der Waals surface area (Å²) in [5.41, 5.74) is 2.32. The molecule has 9 heteroatoms. The molecule has 1 fully saturated rings. The minimum atomic E-state index is -0.244. The van der Waals surface area contributed by atoms with Crippen LogP contribution in [0.5, 0.6) is 11.5 Å². The zero-order valence-corrected chi connectivity index (χ0v) is 21.2. The molecule has 1 N–H and O–H groups in total. The molecule has 1 aliphatic heterocycles. The largest absolute Gasteiger partial charge is 0.493 e. The normalized spacial score (nSPS) is 15.7. The SMILES string of the molecule is COc1cc(/C=C2\SC(=Nc3cccc(Cl)c3Cl)NC2=O)ccc1OCc1ccc(Br)cc1. The highest BCUT2D eigenvalue weighted by atomic mass is 79.9. The van der Waals surface area contributed by atoms with E-state index in [0.717, 1.165) is 15.6 Å². The molecule has 1 saturated heterocycles. The van der Waals surface area contributed by atoms with Crippen LogP contribution in [-0.2, 0) is 11.4 Å². The molecule has 3 aromatic rings.